The van der Waals surface area contributed by atoms with E-state index in [1.165, 1.54) is 11.3 Å². The van der Waals surface area contributed by atoms with E-state index < -0.39 is 6.04 Å². The van der Waals surface area contributed by atoms with Crippen LogP contribution in [0.15, 0.2) is 24.3 Å². The van der Waals surface area contributed by atoms with Gasteiger partial charge in [0, 0.05) is 25.1 Å². The molecule has 0 radical (unpaired) electrons. The van der Waals surface area contributed by atoms with Gasteiger partial charge in [-0.15, -0.1) is 0 Å². The van der Waals surface area contributed by atoms with Crippen LogP contribution in [0.25, 0.3) is 0 Å². The van der Waals surface area contributed by atoms with E-state index in [0.717, 1.165) is 37.0 Å². The predicted octanol–water partition coefficient (Wildman–Crippen LogP) is 2.30. The predicted molar refractivity (Wildman–Crippen MR) is 103 cm³/mol. The normalized spacial score (nSPS) is 23.1. The molecule has 1 saturated carbocycles. The molecule has 7 heteroatoms. The quantitative estimate of drug-likeness (QED) is 0.807. The zero-order valence-electron chi connectivity index (χ0n) is 16.1. The summed E-state index contributed by atoms with van der Waals surface area (Å²) in [4.78, 5) is 40.7. The van der Waals surface area contributed by atoms with Crippen LogP contribution in [0.5, 0.6) is 5.75 Å². The number of fused-ring (bicyclic) bond motifs is 1. The Morgan fingerprint density at radius 3 is 2.75 bits per heavy atom. The van der Waals surface area contributed by atoms with Crippen LogP contribution in [0, 0.1) is 5.92 Å². The molecule has 1 aromatic rings. The number of urea groups is 1. The molecule has 0 bridgehead atoms. The number of hydrogen-bond donors (Lipinski definition) is 1. The lowest BCUT2D eigenvalue weighted by atomic mass is 9.84. The van der Waals surface area contributed by atoms with Gasteiger partial charge in [0.1, 0.15) is 18.4 Å². The maximum absolute atomic E-state index is 12.7. The Kier molecular flexibility index (Phi) is 5.50. The first-order chi connectivity index (χ1) is 13.6. The van der Waals surface area contributed by atoms with E-state index in [1.54, 1.807) is 4.90 Å². The summed E-state index contributed by atoms with van der Waals surface area (Å²) < 4.78 is 5.70. The fourth-order valence-electron chi connectivity index (χ4n) is 4.44. The van der Waals surface area contributed by atoms with Crippen LogP contribution in [-0.4, -0.2) is 53.4 Å². The zero-order valence-corrected chi connectivity index (χ0v) is 16.1. The number of nitrogens with zero attached hydrogens (tertiary/aromatic N) is 2. The summed E-state index contributed by atoms with van der Waals surface area (Å²) in [5.41, 5.74) is 0.973. The number of hydrogen-bond acceptors (Lipinski definition) is 4. The molecule has 0 spiro atoms. The first-order valence-electron chi connectivity index (χ1n) is 10.2. The van der Waals surface area contributed by atoms with Crippen molar-refractivity contribution < 1.29 is 19.1 Å². The molecular weight excluding hydrogens is 358 g/mol. The number of rotatable bonds is 4. The van der Waals surface area contributed by atoms with Crippen LogP contribution < -0.4 is 10.1 Å². The highest BCUT2D eigenvalue weighted by Crippen LogP contribution is 2.29. The highest BCUT2D eigenvalue weighted by Gasteiger charge is 2.42. The van der Waals surface area contributed by atoms with Gasteiger partial charge < -0.3 is 15.0 Å². The minimum Gasteiger partial charge on any atom is -0.491 e. The monoisotopic (exact) mass is 385 g/mol. The van der Waals surface area contributed by atoms with Crippen LogP contribution in [0.1, 0.15) is 44.1 Å². The number of carbonyl (C=O) groups excluding carboxylic acids is 3. The lowest BCUT2D eigenvalue weighted by Gasteiger charge is -2.25. The van der Waals surface area contributed by atoms with Gasteiger partial charge in [0.05, 0.1) is 6.54 Å². The number of imide groups is 1. The lowest BCUT2D eigenvalue weighted by Crippen LogP contribution is -2.39. The third kappa shape index (κ3) is 3.84. The number of para-hydroxylation sites is 1. The highest BCUT2D eigenvalue weighted by molar-refractivity contribution is 6.04. The van der Waals surface area contributed by atoms with Crippen molar-refractivity contribution in [3.8, 4) is 5.75 Å². The molecule has 7 nitrogen and oxygen atoms in total. The van der Waals surface area contributed by atoms with Crippen molar-refractivity contribution in [2.45, 2.75) is 51.1 Å². The first-order valence-corrected chi connectivity index (χ1v) is 10.2. The van der Waals surface area contributed by atoms with Crippen molar-refractivity contribution in [1.82, 2.24) is 15.1 Å². The van der Waals surface area contributed by atoms with Crippen LogP contribution >= 0.6 is 0 Å². The summed E-state index contributed by atoms with van der Waals surface area (Å²) >= 11 is 0. The molecule has 1 aromatic carbocycles. The number of benzene rings is 1. The molecule has 2 fully saturated rings. The third-order valence-corrected chi connectivity index (χ3v) is 6.03. The van der Waals surface area contributed by atoms with E-state index in [0.29, 0.717) is 19.7 Å². The fraction of sp³-hybridized carbons (Fsp3) is 0.571. The molecule has 0 aromatic heterocycles. The highest BCUT2D eigenvalue weighted by atomic mass is 16.5. The number of carbonyl (C=O) groups is 3. The topological polar surface area (TPSA) is 79.0 Å². The number of ether oxygens (including phenoxy) is 1. The zero-order chi connectivity index (χ0) is 19.5. The van der Waals surface area contributed by atoms with Gasteiger partial charge in [-0.2, -0.15) is 0 Å². The standard InChI is InChI=1S/C21H27N3O4/c25-18(23-12-13-28-17-9-5-4-8-16(17)14-23)10-11-24-20(26)19(22-21(24)27)15-6-2-1-3-7-15/h4-5,8-9,15,19H,1-3,6-7,10-14H2,(H,22,27)/t19-/m1/s1. The Morgan fingerprint density at radius 1 is 1.14 bits per heavy atom. The van der Waals surface area contributed by atoms with Gasteiger partial charge in [0.15, 0.2) is 0 Å². The van der Waals surface area contributed by atoms with Crippen molar-refractivity contribution in [3.05, 3.63) is 29.8 Å². The molecule has 0 unspecified atom stereocenters. The van der Waals surface area contributed by atoms with E-state index in [2.05, 4.69) is 5.32 Å². The summed E-state index contributed by atoms with van der Waals surface area (Å²) in [6.07, 6.45) is 5.53. The molecule has 1 aliphatic carbocycles. The third-order valence-electron chi connectivity index (χ3n) is 6.03. The second-order valence-corrected chi connectivity index (χ2v) is 7.84. The Morgan fingerprint density at radius 2 is 1.93 bits per heavy atom. The Hall–Kier alpha value is -2.57. The lowest BCUT2D eigenvalue weighted by molar-refractivity contribution is -0.133. The van der Waals surface area contributed by atoms with Gasteiger partial charge in [0.2, 0.25) is 5.91 Å². The maximum Gasteiger partial charge on any atom is 0.324 e. The Balaban J connectivity index is 1.34. The van der Waals surface area contributed by atoms with Crippen molar-refractivity contribution in [1.29, 1.82) is 0 Å². The smallest absolute Gasteiger partial charge is 0.324 e. The van der Waals surface area contributed by atoms with Crippen molar-refractivity contribution in [3.63, 3.8) is 0 Å². The average molecular weight is 385 g/mol. The Bertz CT molecular complexity index is 760. The van der Waals surface area contributed by atoms with Crippen molar-refractivity contribution >= 4 is 17.8 Å². The maximum atomic E-state index is 12.7. The molecular formula is C21H27N3O4. The van der Waals surface area contributed by atoms with Crippen LogP contribution in [0.3, 0.4) is 0 Å². The molecule has 2 aliphatic heterocycles. The van der Waals surface area contributed by atoms with E-state index in [-0.39, 0.29) is 36.7 Å². The van der Waals surface area contributed by atoms with E-state index in [4.69, 9.17) is 4.74 Å². The molecule has 4 rings (SSSR count). The minimum atomic E-state index is -0.415. The van der Waals surface area contributed by atoms with Crippen molar-refractivity contribution in [2.24, 2.45) is 5.92 Å². The van der Waals surface area contributed by atoms with Crippen LogP contribution in [0.4, 0.5) is 4.79 Å². The molecule has 28 heavy (non-hydrogen) atoms. The summed E-state index contributed by atoms with van der Waals surface area (Å²) in [7, 11) is 0. The summed E-state index contributed by atoms with van der Waals surface area (Å²) in [5, 5.41) is 2.84. The minimum absolute atomic E-state index is 0.0676. The second-order valence-electron chi connectivity index (χ2n) is 7.84. The largest absolute Gasteiger partial charge is 0.491 e. The molecule has 4 amide bonds. The molecule has 3 aliphatic rings. The van der Waals surface area contributed by atoms with Gasteiger partial charge in [-0.3, -0.25) is 14.5 Å². The van der Waals surface area contributed by atoms with Crippen LogP contribution in [-0.2, 0) is 16.1 Å². The van der Waals surface area contributed by atoms with Gasteiger partial charge in [0.25, 0.3) is 5.91 Å². The summed E-state index contributed by atoms with van der Waals surface area (Å²) in [6, 6.07) is 6.92. The van der Waals surface area contributed by atoms with Gasteiger partial charge in [-0.1, -0.05) is 37.5 Å². The number of nitrogens with one attached hydrogen (secondary N) is 1. The molecule has 2 heterocycles. The average Bonchev–Trinajstić information content (AvgIpc) is 2.88. The van der Waals surface area contributed by atoms with Gasteiger partial charge >= 0.3 is 6.03 Å². The van der Waals surface area contributed by atoms with E-state index in [9.17, 15) is 14.4 Å². The summed E-state index contributed by atoms with van der Waals surface area (Å²) in [6.45, 7) is 1.56. The van der Waals surface area contributed by atoms with E-state index in [1.807, 2.05) is 24.3 Å². The summed E-state index contributed by atoms with van der Waals surface area (Å²) in [5.74, 6) is 0.795. The number of amides is 4. The Labute approximate surface area is 165 Å². The molecule has 150 valence electrons. The first kappa shape index (κ1) is 18.8. The van der Waals surface area contributed by atoms with Crippen molar-refractivity contribution in [2.75, 3.05) is 19.7 Å². The van der Waals surface area contributed by atoms with Gasteiger partial charge in [-0.25, -0.2) is 4.79 Å². The van der Waals surface area contributed by atoms with Gasteiger partial charge in [-0.05, 0) is 24.8 Å². The molecule has 1 saturated heterocycles. The van der Waals surface area contributed by atoms with Crippen LogP contribution in [0.2, 0.25) is 0 Å². The fourth-order valence-corrected chi connectivity index (χ4v) is 4.44. The molecule has 1 atom stereocenters. The second kappa shape index (κ2) is 8.20. The molecule has 1 N–H and O–H groups in total. The SMILES string of the molecule is O=C(CCN1C(=O)N[C@H](C2CCCCC2)C1=O)N1CCOc2ccccc2C1. The van der Waals surface area contributed by atoms with E-state index >= 15 is 0 Å².